The molecule has 2 aliphatic rings. The van der Waals surface area contributed by atoms with E-state index in [2.05, 4.69) is 24.5 Å². The summed E-state index contributed by atoms with van der Waals surface area (Å²) >= 11 is 0. The Balaban J connectivity index is 1.61. The molecule has 23 heavy (non-hydrogen) atoms. The molecular weight excluding hydrogens is 292 g/mol. The van der Waals surface area contributed by atoms with E-state index < -0.39 is 0 Å². The van der Waals surface area contributed by atoms with Crippen molar-refractivity contribution in [3.05, 3.63) is 35.9 Å². The van der Waals surface area contributed by atoms with Crippen molar-refractivity contribution in [3.8, 4) is 0 Å². The molecule has 5 heteroatoms. The Labute approximate surface area is 137 Å². The maximum atomic E-state index is 12.4. The van der Waals surface area contributed by atoms with E-state index in [9.17, 15) is 9.90 Å². The summed E-state index contributed by atoms with van der Waals surface area (Å²) in [5, 5.41) is 15.4. The average Bonchev–Trinajstić information content (AvgIpc) is 3.00. The molecule has 5 nitrogen and oxygen atoms in total. The standard InChI is InChI=1S/C18H26N2O3/c1-18(2)15(13-9-11-23-16(13)18)20-17(22)19-14(8-10-21)12-6-4-3-5-7-12/h3-7,13-16,21H,8-11H2,1-2H3,(H2,19,20,22)/t13?,14-,15?,16?/m1/s1. The van der Waals surface area contributed by atoms with Crippen LogP contribution in [0.1, 0.15) is 38.3 Å². The number of aliphatic hydroxyl groups excluding tert-OH is 1. The molecule has 1 heterocycles. The molecule has 3 rings (SSSR count). The van der Waals surface area contributed by atoms with Crippen molar-refractivity contribution < 1.29 is 14.6 Å². The lowest BCUT2D eigenvalue weighted by molar-refractivity contribution is -0.108. The topological polar surface area (TPSA) is 70.6 Å². The van der Waals surface area contributed by atoms with E-state index in [1.807, 2.05) is 30.3 Å². The molecule has 3 unspecified atom stereocenters. The lowest BCUT2D eigenvalue weighted by Gasteiger charge is -2.54. The van der Waals surface area contributed by atoms with Crippen molar-refractivity contribution in [1.82, 2.24) is 10.6 Å². The Morgan fingerprint density at radius 3 is 2.83 bits per heavy atom. The number of benzene rings is 1. The largest absolute Gasteiger partial charge is 0.396 e. The summed E-state index contributed by atoms with van der Waals surface area (Å²) in [5.74, 6) is 0.420. The van der Waals surface area contributed by atoms with Gasteiger partial charge in [-0.05, 0) is 18.4 Å². The van der Waals surface area contributed by atoms with Crippen LogP contribution in [0.15, 0.2) is 30.3 Å². The SMILES string of the molecule is CC1(C)C(NC(=O)N[C@H](CCO)c2ccccc2)C2CCOC21. The fourth-order valence-electron chi connectivity index (χ4n) is 4.10. The summed E-state index contributed by atoms with van der Waals surface area (Å²) in [5.41, 5.74) is 0.976. The Kier molecular flexibility index (Phi) is 4.60. The van der Waals surface area contributed by atoms with Crippen molar-refractivity contribution in [2.45, 2.75) is 44.9 Å². The zero-order chi connectivity index (χ0) is 16.4. The Hall–Kier alpha value is -1.59. The minimum atomic E-state index is -0.181. The number of hydrogen-bond acceptors (Lipinski definition) is 3. The third-order valence-electron chi connectivity index (χ3n) is 5.31. The summed E-state index contributed by atoms with van der Waals surface area (Å²) in [7, 11) is 0. The minimum Gasteiger partial charge on any atom is -0.396 e. The van der Waals surface area contributed by atoms with E-state index in [4.69, 9.17) is 4.74 Å². The second kappa shape index (κ2) is 6.49. The highest BCUT2D eigenvalue weighted by Gasteiger charge is 2.59. The Morgan fingerprint density at radius 2 is 2.13 bits per heavy atom. The molecule has 1 aliphatic carbocycles. The zero-order valence-corrected chi connectivity index (χ0v) is 13.8. The van der Waals surface area contributed by atoms with Crippen molar-refractivity contribution in [3.63, 3.8) is 0 Å². The van der Waals surface area contributed by atoms with Gasteiger partial charge in [-0.15, -0.1) is 0 Å². The summed E-state index contributed by atoms with van der Waals surface area (Å²) in [6.45, 7) is 5.11. The molecule has 1 saturated carbocycles. The number of rotatable bonds is 5. The highest BCUT2D eigenvalue weighted by Crippen LogP contribution is 2.52. The van der Waals surface area contributed by atoms with Crippen molar-refractivity contribution in [2.75, 3.05) is 13.2 Å². The molecule has 0 spiro atoms. The van der Waals surface area contributed by atoms with E-state index in [-0.39, 0.29) is 36.2 Å². The van der Waals surface area contributed by atoms with Gasteiger partial charge in [-0.25, -0.2) is 4.79 Å². The molecular formula is C18H26N2O3. The predicted octanol–water partition coefficient (Wildman–Crippen LogP) is 2.22. The monoisotopic (exact) mass is 318 g/mol. The molecule has 126 valence electrons. The number of fused-ring (bicyclic) bond motifs is 1. The molecule has 1 saturated heterocycles. The summed E-state index contributed by atoms with van der Waals surface area (Å²) in [4.78, 5) is 12.4. The zero-order valence-electron chi connectivity index (χ0n) is 13.8. The number of carbonyl (C=O) groups is 1. The molecule has 0 aromatic heterocycles. The molecule has 1 aromatic carbocycles. The first kappa shape index (κ1) is 16.3. The van der Waals surface area contributed by atoms with E-state index in [1.165, 1.54) is 0 Å². The maximum Gasteiger partial charge on any atom is 0.315 e. The Bertz CT molecular complexity index is 546. The van der Waals surface area contributed by atoms with Crippen LogP contribution in [-0.2, 0) is 4.74 Å². The van der Waals surface area contributed by atoms with Gasteiger partial charge in [0, 0.05) is 30.6 Å². The van der Waals surface area contributed by atoms with Crippen LogP contribution in [0.2, 0.25) is 0 Å². The normalized spacial score (nSPS) is 29.3. The van der Waals surface area contributed by atoms with Gasteiger partial charge in [0.15, 0.2) is 0 Å². The van der Waals surface area contributed by atoms with Gasteiger partial charge in [-0.1, -0.05) is 44.2 Å². The molecule has 1 aliphatic heterocycles. The van der Waals surface area contributed by atoms with Gasteiger partial charge < -0.3 is 20.5 Å². The van der Waals surface area contributed by atoms with Crippen LogP contribution in [0.3, 0.4) is 0 Å². The minimum absolute atomic E-state index is 0.0300. The maximum absolute atomic E-state index is 12.4. The molecule has 1 aromatic rings. The van der Waals surface area contributed by atoms with Crippen LogP contribution in [0.4, 0.5) is 4.79 Å². The van der Waals surface area contributed by atoms with Gasteiger partial charge in [-0.2, -0.15) is 0 Å². The number of hydrogen-bond donors (Lipinski definition) is 3. The quantitative estimate of drug-likeness (QED) is 0.779. The van der Waals surface area contributed by atoms with E-state index in [0.29, 0.717) is 12.3 Å². The number of ether oxygens (including phenoxy) is 1. The summed E-state index contributed by atoms with van der Waals surface area (Å²) in [6, 6.07) is 9.54. The van der Waals surface area contributed by atoms with Crippen molar-refractivity contribution >= 4 is 6.03 Å². The lowest BCUT2D eigenvalue weighted by atomic mass is 9.57. The number of nitrogens with one attached hydrogen (secondary N) is 2. The molecule has 0 radical (unpaired) electrons. The smallest absolute Gasteiger partial charge is 0.315 e. The van der Waals surface area contributed by atoms with Crippen molar-refractivity contribution in [2.24, 2.45) is 11.3 Å². The molecule has 2 amide bonds. The van der Waals surface area contributed by atoms with Crippen molar-refractivity contribution in [1.29, 1.82) is 0 Å². The van der Waals surface area contributed by atoms with Crippen LogP contribution in [0.25, 0.3) is 0 Å². The summed E-state index contributed by atoms with van der Waals surface area (Å²) < 4.78 is 5.76. The van der Waals surface area contributed by atoms with Gasteiger partial charge in [-0.3, -0.25) is 0 Å². The molecule has 2 fully saturated rings. The van der Waals surface area contributed by atoms with Crippen LogP contribution >= 0.6 is 0 Å². The number of urea groups is 1. The molecule has 0 bridgehead atoms. The van der Waals surface area contributed by atoms with Gasteiger partial charge in [0.1, 0.15) is 0 Å². The van der Waals surface area contributed by atoms with Gasteiger partial charge in [0.2, 0.25) is 0 Å². The molecule has 3 N–H and O–H groups in total. The van der Waals surface area contributed by atoms with Gasteiger partial charge in [0.05, 0.1) is 12.1 Å². The third-order valence-corrected chi connectivity index (χ3v) is 5.31. The second-order valence-electron chi connectivity index (χ2n) is 7.14. The van der Waals surface area contributed by atoms with E-state index in [0.717, 1.165) is 18.6 Å². The third kappa shape index (κ3) is 3.08. The first-order chi connectivity index (χ1) is 11.0. The first-order valence-corrected chi connectivity index (χ1v) is 8.38. The van der Waals surface area contributed by atoms with Crippen LogP contribution in [-0.4, -0.2) is 36.5 Å². The predicted molar refractivity (Wildman–Crippen MR) is 88.0 cm³/mol. The van der Waals surface area contributed by atoms with Crippen LogP contribution in [0.5, 0.6) is 0 Å². The fourth-order valence-corrected chi connectivity index (χ4v) is 4.10. The number of aliphatic hydroxyl groups is 1. The number of amides is 2. The second-order valence-corrected chi connectivity index (χ2v) is 7.14. The van der Waals surface area contributed by atoms with Crippen LogP contribution in [0, 0.1) is 11.3 Å². The highest BCUT2D eigenvalue weighted by atomic mass is 16.5. The molecule has 4 atom stereocenters. The van der Waals surface area contributed by atoms with Gasteiger partial charge in [0.25, 0.3) is 0 Å². The highest BCUT2D eigenvalue weighted by molar-refractivity contribution is 5.75. The van der Waals surface area contributed by atoms with Crippen LogP contribution < -0.4 is 10.6 Å². The first-order valence-electron chi connectivity index (χ1n) is 8.38. The van der Waals surface area contributed by atoms with E-state index >= 15 is 0 Å². The fraction of sp³-hybridized carbons (Fsp3) is 0.611. The Morgan fingerprint density at radius 1 is 1.39 bits per heavy atom. The van der Waals surface area contributed by atoms with E-state index in [1.54, 1.807) is 0 Å². The lowest BCUT2D eigenvalue weighted by Crippen LogP contribution is -2.67. The summed E-state index contributed by atoms with van der Waals surface area (Å²) in [6.07, 6.45) is 1.77. The average molecular weight is 318 g/mol. The van der Waals surface area contributed by atoms with Gasteiger partial charge >= 0.3 is 6.03 Å². The number of carbonyl (C=O) groups excluding carboxylic acids is 1.